The number of aliphatic carboxylic acids is 1. The van der Waals surface area contributed by atoms with Gasteiger partial charge in [-0.05, 0) is 30.9 Å². The van der Waals surface area contributed by atoms with Gasteiger partial charge in [0.1, 0.15) is 17.8 Å². The van der Waals surface area contributed by atoms with Crippen molar-refractivity contribution in [2.45, 2.75) is 71.6 Å². The Morgan fingerprint density at radius 3 is 2.35 bits per heavy atom. The molecule has 40 heavy (non-hydrogen) atoms. The van der Waals surface area contributed by atoms with Crippen LogP contribution in [0.4, 0.5) is 4.79 Å². The Kier molecular flexibility index (Phi) is 14.5. The SMILES string of the molecule is C=CC(C=C)=C(/C=C\C)C(=O)O.CC.CC(C(=O)CCC1CCC([N+]2(C)C=CC(N)=NC2=O)O1)c1ccccc1. The number of carbonyl (C=O) groups excluding carboxylic acids is 2. The molecule has 3 rings (SSSR count). The minimum Gasteiger partial charge on any atom is -0.478 e. The molecule has 216 valence electrons. The number of nitrogens with two attached hydrogens (primary N) is 1. The van der Waals surface area contributed by atoms with E-state index in [-0.39, 0.29) is 46.0 Å². The normalized spacial score (nSPS) is 22.1. The van der Waals surface area contributed by atoms with E-state index in [4.69, 9.17) is 15.6 Å². The molecule has 1 aromatic carbocycles. The van der Waals surface area contributed by atoms with Crippen molar-refractivity contribution in [1.82, 2.24) is 0 Å². The van der Waals surface area contributed by atoms with Crippen molar-refractivity contribution in [3.8, 4) is 0 Å². The Morgan fingerprint density at radius 2 is 1.82 bits per heavy atom. The number of benzene rings is 1. The summed E-state index contributed by atoms with van der Waals surface area (Å²) < 4.78 is 6.06. The van der Waals surface area contributed by atoms with Crippen LogP contribution in [0.2, 0.25) is 0 Å². The predicted molar refractivity (Wildman–Crippen MR) is 161 cm³/mol. The van der Waals surface area contributed by atoms with Crippen molar-refractivity contribution in [3.63, 3.8) is 0 Å². The first-order chi connectivity index (χ1) is 19.1. The first-order valence-corrected chi connectivity index (χ1v) is 13.6. The zero-order valence-electron chi connectivity index (χ0n) is 24.4. The minimum atomic E-state index is -0.970. The van der Waals surface area contributed by atoms with Crippen molar-refractivity contribution >= 4 is 23.6 Å². The summed E-state index contributed by atoms with van der Waals surface area (Å²) in [7, 11) is 1.78. The number of quaternary nitrogens is 1. The maximum Gasteiger partial charge on any atom is 0.451 e. The lowest BCUT2D eigenvalue weighted by Gasteiger charge is -2.32. The van der Waals surface area contributed by atoms with Crippen molar-refractivity contribution in [3.05, 3.63) is 96.8 Å². The van der Waals surface area contributed by atoms with Gasteiger partial charge in [0, 0.05) is 24.8 Å². The van der Waals surface area contributed by atoms with Gasteiger partial charge in [-0.2, -0.15) is 4.48 Å². The van der Waals surface area contributed by atoms with Crippen molar-refractivity contribution in [2.24, 2.45) is 10.7 Å². The summed E-state index contributed by atoms with van der Waals surface area (Å²) in [4.78, 5) is 39.2. The van der Waals surface area contributed by atoms with E-state index in [0.29, 0.717) is 18.4 Å². The molecule has 0 radical (unpaired) electrons. The zero-order valence-corrected chi connectivity index (χ0v) is 24.4. The number of rotatable bonds is 10. The maximum absolute atomic E-state index is 12.5. The standard InChI is InChI=1S/C20H25N3O3.C10H12O2.C2H6/c1-14(15-6-4-3-5-7-15)17(24)10-8-16-9-11-19(26-16)23(2)13-12-18(21)22-20(23)25;1-4-7-9(10(11)12)8(5-2)6-3;1-2/h3-7,12-14,16,19H,8-11H2,1-2H3,(H-,21,22,25);4-7H,2-3H2,1H3,(H,11,12);1-2H3/p+1/b;7-4-;. The fraction of sp³-hybridized carbons (Fsp3) is 0.375. The van der Waals surface area contributed by atoms with E-state index < -0.39 is 5.97 Å². The van der Waals surface area contributed by atoms with Gasteiger partial charge < -0.3 is 15.6 Å². The number of ketones is 1. The summed E-state index contributed by atoms with van der Waals surface area (Å²) in [6.07, 6.45) is 12.0. The molecule has 8 nitrogen and oxygen atoms in total. The van der Waals surface area contributed by atoms with E-state index in [2.05, 4.69) is 18.2 Å². The Balaban J connectivity index is 0.000000484. The summed E-state index contributed by atoms with van der Waals surface area (Å²) in [6.45, 7) is 14.7. The van der Waals surface area contributed by atoms with Crippen molar-refractivity contribution in [2.75, 3.05) is 7.05 Å². The highest BCUT2D eigenvalue weighted by molar-refractivity contribution is 5.99. The Bertz CT molecular complexity index is 1160. The van der Waals surface area contributed by atoms with Crippen LogP contribution in [0.15, 0.2) is 96.2 Å². The molecular weight excluding hydrogens is 506 g/mol. The van der Waals surface area contributed by atoms with Crippen LogP contribution in [0.1, 0.15) is 64.9 Å². The molecule has 0 aliphatic carbocycles. The molecular formula is C32H44N3O5+. The summed E-state index contributed by atoms with van der Waals surface area (Å²) in [6, 6.07) is 9.50. The topological polar surface area (TPSA) is 119 Å². The highest BCUT2D eigenvalue weighted by atomic mass is 16.5. The third kappa shape index (κ3) is 9.39. The van der Waals surface area contributed by atoms with E-state index in [1.807, 2.05) is 51.1 Å². The molecule has 2 amide bonds. The van der Waals surface area contributed by atoms with Crippen LogP contribution >= 0.6 is 0 Å². The number of carboxylic acids is 1. The minimum absolute atomic E-state index is 0.00803. The second kappa shape index (κ2) is 16.9. The number of amides is 2. The van der Waals surface area contributed by atoms with Crippen molar-refractivity contribution < 1.29 is 28.7 Å². The van der Waals surface area contributed by atoms with Crippen LogP contribution in [0.25, 0.3) is 0 Å². The zero-order chi connectivity index (χ0) is 30.3. The molecule has 0 aromatic heterocycles. The van der Waals surface area contributed by atoms with Crippen LogP contribution in [0.3, 0.4) is 0 Å². The van der Waals surface area contributed by atoms with Gasteiger partial charge in [0.25, 0.3) is 0 Å². The molecule has 2 aliphatic rings. The molecule has 0 saturated carbocycles. The molecule has 2 aliphatic heterocycles. The number of carboxylic acid groups (broad SMARTS) is 1. The second-order valence-corrected chi connectivity index (χ2v) is 9.29. The quantitative estimate of drug-likeness (QED) is 0.197. The van der Waals surface area contributed by atoms with Crippen LogP contribution in [-0.4, -0.2) is 52.6 Å². The highest BCUT2D eigenvalue weighted by Gasteiger charge is 2.45. The van der Waals surface area contributed by atoms with Gasteiger partial charge >= 0.3 is 12.0 Å². The van der Waals surface area contributed by atoms with Gasteiger partial charge in [-0.3, -0.25) is 4.79 Å². The number of amidine groups is 1. The number of aliphatic imine (C=N–C) groups is 1. The smallest absolute Gasteiger partial charge is 0.451 e. The van der Waals surface area contributed by atoms with Crippen LogP contribution in [0.5, 0.6) is 0 Å². The lowest BCUT2D eigenvalue weighted by molar-refractivity contribution is -0.830. The fourth-order valence-electron chi connectivity index (χ4n) is 4.27. The monoisotopic (exact) mass is 550 g/mol. The molecule has 0 spiro atoms. The lowest BCUT2D eigenvalue weighted by Crippen LogP contribution is -2.53. The van der Waals surface area contributed by atoms with Gasteiger partial charge in [0.05, 0.1) is 18.7 Å². The number of allylic oxidation sites excluding steroid dienone is 4. The van der Waals surface area contributed by atoms with Gasteiger partial charge in [0.2, 0.25) is 6.23 Å². The number of carbonyl (C=O) groups is 3. The molecule has 3 N–H and O–H groups in total. The fourth-order valence-corrected chi connectivity index (χ4v) is 4.27. The first kappa shape index (κ1) is 34.1. The summed E-state index contributed by atoms with van der Waals surface area (Å²) in [5.74, 6) is -0.639. The third-order valence-electron chi connectivity index (χ3n) is 6.69. The van der Waals surface area contributed by atoms with E-state index in [1.54, 1.807) is 32.3 Å². The Labute approximate surface area is 238 Å². The number of Topliss-reactive ketones (excluding diaryl/α,β-unsaturated/α-hetero) is 1. The lowest BCUT2D eigenvalue weighted by atomic mass is 9.93. The van der Waals surface area contributed by atoms with Gasteiger partial charge in [-0.1, -0.05) is 88.6 Å². The Morgan fingerprint density at radius 1 is 1.20 bits per heavy atom. The first-order valence-electron chi connectivity index (χ1n) is 13.6. The molecule has 1 saturated heterocycles. The highest BCUT2D eigenvalue weighted by Crippen LogP contribution is 2.32. The third-order valence-corrected chi connectivity index (χ3v) is 6.69. The maximum atomic E-state index is 12.5. The summed E-state index contributed by atoms with van der Waals surface area (Å²) >= 11 is 0. The molecule has 8 heteroatoms. The average molecular weight is 551 g/mol. The summed E-state index contributed by atoms with van der Waals surface area (Å²) in [5, 5.41) is 8.73. The molecule has 4 atom stereocenters. The van der Waals surface area contributed by atoms with E-state index in [0.717, 1.165) is 18.4 Å². The van der Waals surface area contributed by atoms with E-state index >= 15 is 0 Å². The predicted octanol–water partition coefficient (Wildman–Crippen LogP) is 6.44. The van der Waals surface area contributed by atoms with Gasteiger partial charge in [0.15, 0.2) is 0 Å². The molecule has 0 bridgehead atoms. The van der Waals surface area contributed by atoms with Crippen molar-refractivity contribution in [1.29, 1.82) is 0 Å². The summed E-state index contributed by atoms with van der Waals surface area (Å²) in [5.41, 5.74) is 7.36. The molecule has 4 unspecified atom stereocenters. The van der Waals surface area contributed by atoms with E-state index in [9.17, 15) is 14.4 Å². The van der Waals surface area contributed by atoms with Crippen LogP contribution in [-0.2, 0) is 14.3 Å². The van der Waals surface area contributed by atoms with Gasteiger partial charge in [-0.15, -0.1) is 4.99 Å². The van der Waals surface area contributed by atoms with E-state index in [1.165, 1.54) is 18.2 Å². The van der Waals surface area contributed by atoms with Crippen LogP contribution in [0, 0.1) is 0 Å². The average Bonchev–Trinajstić information content (AvgIpc) is 3.45. The molecule has 1 aromatic rings. The number of hydrogen-bond acceptors (Lipinski definition) is 5. The number of ether oxygens (including phenoxy) is 1. The molecule has 2 heterocycles. The van der Waals surface area contributed by atoms with Crippen LogP contribution < -0.4 is 5.73 Å². The Hall–Kier alpha value is -3.88. The molecule has 1 fully saturated rings. The number of nitrogens with zero attached hydrogens (tertiary/aromatic N) is 2. The second-order valence-electron chi connectivity index (χ2n) is 9.29. The number of urea groups is 1. The van der Waals surface area contributed by atoms with Gasteiger partial charge in [-0.25, -0.2) is 9.59 Å². The largest absolute Gasteiger partial charge is 0.478 e. The number of hydrogen-bond donors (Lipinski definition) is 2.